The fourth-order valence-electron chi connectivity index (χ4n) is 1.59. The van der Waals surface area contributed by atoms with Crippen molar-refractivity contribution in [3.63, 3.8) is 0 Å². The van der Waals surface area contributed by atoms with Gasteiger partial charge < -0.3 is 4.42 Å². The van der Waals surface area contributed by atoms with Gasteiger partial charge >= 0.3 is 0 Å². The van der Waals surface area contributed by atoms with Crippen molar-refractivity contribution in [3.05, 3.63) is 39.7 Å². The minimum absolute atomic E-state index is 0.0583. The van der Waals surface area contributed by atoms with E-state index in [9.17, 15) is 0 Å². The lowest BCUT2D eigenvalue weighted by atomic mass is 10.1. The summed E-state index contributed by atoms with van der Waals surface area (Å²) >= 11 is 1.66. The van der Waals surface area contributed by atoms with Crippen LogP contribution in [0.2, 0.25) is 0 Å². The first kappa shape index (κ1) is 11.3. The summed E-state index contributed by atoms with van der Waals surface area (Å²) in [7, 11) is 0. The molecule has 3 N–H and O–H groups in total. The molecule has 5 heteroatoms. The first-order chi connectivity index (χ1) is 7.69. The lowest BCUT2D eigenvalue weighted by molar-refractivity contribution is 0.511. The molecule has 2 aromatic heterocycles. The molecule has 4 nitrogen and oxygen atoms in total. The van der Waals surface area contributed by atoms with E-state index in [1.165, 1.54) is 0 Å². The molecule has 1 atom stereocenters. The summed E-state index contributed by atoms with van der Waals surface area (Å²) in [5.74, 6) is 6.45. The van der Waals surface area contributed by atoms with Gasteiger partial charge in [-0.15, -0.1) is 11.3 Å². The molecule has 0 amide bonds. The van der Waals surface area contributed by atoms with Gasteiger partial charge in [-0.05, 0) is 19.9 Å². The smallest absolute Gasteiger partial charge is 0.101 e. The Morgan fingerprint density at radius 3 is 2.88 bits per heavy atom. The van der Waals surface area contributed by atoms with Crippen molar-refractivity contribution in [3.8, 4) is 0 Å². The van der Waals surface area contributed by atoms with Crippen molar-refractivity contribution >= 4 is 11.3 Å². The molecule has 2 heterocycles. The highest BCUT2D eigenvalue weighted by Crippen LogP contribution is 2.21. The van der Waals surface area contributed by atoms with Crippen LogP contribution in [0.4, 0.5) is 0 Å². The van der Waals surface area contributed by atoms with Crippen LogP contribution in [0.25, 0.3) is 0 Å². The number of nitrogens with two attached hydrogens (primary N) is 1. The number of aromatic nitrogens is 1. The van der Waals surface area contributed by atoms with Crippen molar-refractivity contribution < 1.29 is 4.42 Å². The van der Waals surface area contributed by atoms with Gasteiger partial charge in [-0.25, -0.2) is 4.98 Å². The van der Waals surface area contributed by atoms with Crippen LogP contribution in [0.15, 0.2) is 22.1 Å². The fraction of sp³-hybridized carbons (Fsp3) is 0.364. The molecule has 0 bridgehead atoms. The van der Waals surface area contributed by atoms with Gasteiger partial charge in [0.25, 0.3) is 0 Å². The Morgan fingerprint density at radius 2 is 2.38 bits per heavy atom. The number of hydrazine groups is 1. The van der Waals surface area contributed by atoms with Crippen LogP contribution in [-0.4, -0.2) is 4.98 Å². The Morgan fingerprint density at radius 1 is 1.56 bits per heavy atom. The Bertz CT molecular complexity index is 463. The van der Waals surface area contributed by atoms with Gasteiger partial charge in [-0.3, -0.25) is 11.3 Å². The molecule has 0 fully saturated rings. The molecule has 0 aliphatic rings. The molecule has 86 valence electrons. The molecule has 0 aromatic carbocycles. The average Bonchev–Trinajstić information content (AvgIpc) is 2.84. The molecule has 0 saturated heterocycles. The van der Waals surface area contributed by atoms with Crippen LogP contribution >= 0.6 is 11.3 Å². The van der Waals surface area contributed by atoms with E-state index in [-0.39, 0.29) is 6.04 Å². The maximum Gasteiger partial charge on any atom is 0.101 e. The lowest BCUT2D eigenvalue weighted by Gasteiger charge is -2.11. The highest BCUT2D eigenvalue weighted by molar-refractivity contribution is 7.09. The molecule has 0 aliphatic heterocycles. The molecule has 1 unspecified atom stereocenters. The molecule has 16 heavy (non-hydrogen) atoms. The molecule has 0 radical (unpaired) electrons. The van der Waals surface area contributed by atoms with Crippen LogP contribution in [0.3, 0.4) is 0 Å². The summed E-state index contributed by atoms with van der Waals surface area (Å²) < 4.78 is 5.28. The number of thiazole rings is 1. The van der Waals surface area contributed by atoms with E-state index in [2.05, 4.69) is 10.4 Å². The molecule has 0 aliphatic carbocycles. The maximum atomic E-state index is 5.55. The van der Waals surface area contributed by atoms with E-state index in [1.807, 2.05) is 25.3 Å². The molecule has 0 saturated carbocycles. The quantitative estimate of drug-likeness (QED) is 0.631. The topological polar surface area (TPSA) is 64.1 Å². The van der Waals surface area contributed by atoms with Gasteiger partial charge in [0.15, 0.2) is 0 Å². The summed E-state index contributed by atoms with van der Waals surface area (Å²) in [6.07, 6.45) is 2.52. The van der Waals surface area contributed by atoms with Crippen molar-refractivity contribution in [2.24, 2.45) is 5.84 Å². The normalized spacial score (nSPS) is 12.9. The number of hydrogen-bond acceptors (Lipinski definition) is 5. The summed E-state index contributed by atoms with van der Waals surface area (Å²) in [6.45, 7) is 3.91. The zero-order valence-corrected chi connectivity index (χ0v) is 10.2. The highest BCUT2D eigenvalue weighted by atomic mass is 32.1. The lowest BCUT2D eigenvalue weighted by Crippen LogP contribution is -2.29. The van der Waals surface area contributed by atoms with Crippen LogP contribution in [-0.2, 0) is 6.42 Å². The molecule has 2 rings (SSSR count). The van der Waals surface area contributed by atoms with Crippen molar-refractivity contribution in [2.45, 2.75) is 26.3 Å². The van der Waals surface area contributed by atoms with Crippen LogP contribution in [0.1, 0.15) is 28.1 Å². The van der Waals surface area contributed by atoms with Gasteiger partial charge in [0, 0.05) is 23.1 Å². The van der Waals surface area contributed by atoms with Gasteiger partial charge in [-0.2, -0.15) is 0 Å². The zero-order valence-electron chi connectivity index (χ0n) is 9.36. The molecular weight excluding hydrogens is 222 g/mol. The number of furan rings is 1. The minimum atomic E-state index is 0.0583. The van der Waals surface area contributed by atoms with Crippen LogP contribution in [0.5, 0.6) is 0 Å². The number of nitrogens with zero attached hydrogens (tertiary/aromatic N) is 1. The monoisotopic (exact) mass is 237 g/mol. The summed E-state index contributed by atoms with van der Waals surface area (Å²) in [5, 5.41) is 3.13. The Kier molecular flexibility index (Phi) is 3.38. The third kappa shape index (κ3) is 2.49. The largest absolute Gasteiger partial charge is 0.469 e. The van der Waals surface area contributed by atoms with Gasteiger partial charge in [0.2, 0.25) is 0 Å². The average molecular weight is 237 g/mol. The third-order valence-corrected chi connectivity index (χ3v) is 3.39. The van der Waals surface area contributed by atoms with Crippen molar-refractivity contribution in [2.75, 3.05) is 0 Å². The maximum absolute atomic E-state index is 5.55. The van der Waals surface area contributed by atoms with Crippen molar-refractivity contribution in [1.82, 2.24) is 10.4 Å². The first-order valence-corrected chi connectivity index (χ1v) is 5.99. The van der Waals surface area contributed by atoms with E-state index in [0.29, 0.717) is 0 Å². The Balaban J connectivity index is 2.12. The zero-order chi connectivity index (χ0) is 11.5. The third-order valence-electron chi connectivity index (χ3n) is 2.40. The second-order valence-electron chi connectivity index (χ2n) is 3.80. The van der Waals surface area contributed by atoms with E-state index >= 15 is 0 Å². The van der Waals surface area contributed by atoms with Gasteiger partial charge in [0.05, 0.1) is 17.3 Å². The van der Waals surface area contributed by atoms with E-state index in [0.717, 1.165) is 28.4 Å². The van der Waals surface area contributed by atoms with Crippen LogP contribution in [0, 0.1) is 13.8 Å². The molecule has 2 aromatic rings. The van der Waals surface area contributed by atoms with Gasteiger partial charge in [0.1, 0.15) is 5.76 Å². The Hall–Kier alpha value is -1.17. The summed E-state index contributed by atoms with van der Waals surface area (Å²) in [4.78, 5) is 4.42. The fourth-order valence-corrected chi connectivity index (χ4v) is 2.41. The predicted octanol–water partition coefficient (Wildman–Crippen LogP) is 2.10. The second kappa shape index (κ2) is 4.78. The van der Waals surface area contributed by atoms with E-state index < -0.39 is 0 Å². The van der Waals surface area contributed by atoms with Gasteiger partial charge in [-0.1, -0.05) is 0 Å². The number of nitrogens with one attached hydrogen (secondary N) is 1. The summed E-state index contributed by atoms with van der Waals surface area (Å²) in [5.41, 5.74) is 4.91. The first-order valence-electron chi connectivity index (χ1n) is 5.11. The minimum Gasteiger partial charge on any atom is -0.469 e. The molecular formula is C11H15N3OS. The van der Waals surface area contributed by atoms with E-state index in [4.69, 9.17) is 10.3 Å². The summed E-state index contributed by atoms with van der Waals surface area (Å²) in [6, 6.07) is 2.05. The van der Waals surface area contributed by atoms with Crippen molar-refractivity contribution in [1.29, 1.82) is 0 Å². The second-order valence-corrected chi connectivity index (χ2v) is 4.74. The molecule has 0 spiro atoms. The predicted molar refractivity (Wildman–Crippen MR) is 64.1 cm³/mol. The van der Waals surface area contributed by atoms with Crippen LogP contribution < -0.4 is 11.3 Å². The standard InChI is InChI=1S/C11H15N3OS/c1-7-6-16-11(13-7)4-10(14-12)9-3-8(2)15-5-9/h3,5-6,10,14H,4,12H2,1-2H3. The Labute approximate surface area is 98.5 Å². The number of hydrogen-bond donors (Lipinski definition) is 2. The number of rotatable bonds is 4. The highest BCUT2D eigenvalue weighted by Gasteiger charge is 2.14. The number of aryl methyl sites for hydroxylation is 2. The SMILES string of the molecule is Cc1csc(CC(NN)c2coc(C)c2)n1. The van der Waals surface area contributed by atoms with E-state index in [1.54, 1.807) is 17.6 Å².